The molecular weight excluding hydrogens is 384 g/mol. The van der Waals surface area contributed by atoms with Crippen molar-refractivity contribution in [1.29, 1.82) is 0 Å². The zero-order chi connectivity index (χ0) is 21.0. The van der Waals surface area contributed by atoms with Crippen LogP contribution in [0.1, 0.15) is 40.0 Å². The molecule has 0 N–H and O–H groups in total. The van der Waals surface area contributed by atoms with Crippen LogP contribution in [0.2, 0.25) is 0 Å². The number of carbonyl (C=O) groups excluding carboxylic acids is 2. The van der Waals surface area contributed by atoms with E-state index in [1.807, 2.05) is 0 Å². The van der Waals surface area contributed by atoms with Crippen molar-refractivity contribution in [2.75, 3.05) is 0 Å². The third kappa shape index (κ3) is 4.72. The van der Waals surface area contributed by atoms with E-state index in [1.165, 1.54) is 48.5 Å². The minimum atomic E-state index is -0.664. The van der Waals surface area contributed by atoms with Crippen LogP contribution < -0.4 is 0 Å². The Bertz CT molecular complexity index is 862. The van der Waals surface area contributed by atoms with Crippen molar-refractivity contribution in [2.24, 2.45) is 0 Å². The van der Waals surface area contributed by atoms with Crippen LogP contribution in [0, 0.1) is 20.2 Å². The van der Waals surface area contributed by atoms with Crippen molar-refractivity contribution in [3.63, 3.8) is 0 Å². The van der Waals surface area contributed by atoms with Crippen molar-refractivity contribution in [2.45, 2.75) is 31.5 Å². The van der Waals surface area contributed by atoms with Gasteiger partial charge in [0.25, 0.3) is 11.4 Å². The number of ether oxygens (including phenoxy) is 2. The SMILES string of the molecule is O=C(O[C@@H]1CCC[C@H]1OC(=O)c1ccc([N+](=O)[O-])cc1)c1ccc([N+](=O)[O-])cc1. The normalized spacial score (nSPS) is 18.1. The van der Waals surface area contributed by atoms with Gasteiger partial charge in [0.05, 0.1) is 21.0 Å². The van der Waals surface area contributed by atoms with Crippen LogP contribution in [0.4, 0.5) is 11.4 Å². The van der Waals surface area contributed by atoms with Crippen LogP contribution in [-0.2, 0) is 9.47 Å². The lowest BCUT2D eigenvalue weighted by Gasteiger charge is -2.20. The van der Waals surface area contributed by atoms with Crippen molar-refractivity contribution < 1.29 is 28.9 Å². The molecule has 3 rings (SSSR count). The van der Waals surface area contributed by atoms with Gasteiger partial charge < -0.3 is 9.47 Å². The van der Waals surface area contributed by atoms with Crippen LogP contribution in [0.25, 0.3) is 0 Å². The molecule has 2 atom stereocenters. The van der Waals surface area contributed by atoms with Crippen molar-refractivity contribution >= 4 is 23.3 Å². The first kappa shape index (κ1) is 19.9. The number of carbonyl (C=O) groups is 2. The highest BCUT2D eigenvalue weighted by Gasteiger charge is 2.34. The average molecular weight is 400 g/mol. The van der Waals surface area contributed by atoms with Gasteiger partial charge in [-0.3, -0.25) is 20.2 Å². The molecule has 0 unspecified atom stereocenters. The van der Waals surface area contributed by atoms with Crippen molar-refractivity contribution in [3.05, 3.63) is 79.9 Å². The third-order valence-electron chi connectivity index (χ3n) is 4.54. The fraction of sp³-hybridized carbons (Fsp3) is 0.263. The highest BCUT2D eigenvalue weighted by Crippen LogP contribution is 2.27. The summed E-state index contributed by atoms with van der Waals surface area (Å²) in [5, 5.41) is 21.4. The average Bonchev–Trinajstić information content (AvgIpc) is 3.14. The molecule has 150 valence electrons. The number of rotatable bonds is 6. The maximum Gasteiger partial charge on any atom is 0.338 e. The first-order chi connectivity index (χ1) is 13.8. The molecule has 1 saturated carbocycles. The monoisotopic (exact) mass is 400 g/mol. The number of hydrogen-bond acceptors (Lipinski definition) is 8. The fourth-order valence-corrected chi connectivity index (χ4v) is 3.01. The molecule has 1 aliphatic carbocycles. The van der Waals surface area contributed by atoms with Crippen LogP contribution in [0.5, 0.6) is 0 Å². The van der Waals surface area contributed by atoms with Gasteiger partial charge in [0, 0.05) is 24.3 Å². The molecule has 29 heavy (non-hydrogen) atoms. The van der Waals surface area contributed by atoms with Crippen LogP contribution in [0.3, 0.4) is 0 Å². The Labute approximate surface area is 164 Å². The Morgan fingerprint density at radius 2 is 1.07 bits per heavy atom. The molecule has 1 fully saturated rings. The Morgan fingerprint density at radius 3 is 1.38 bits per heavy atom. The topological polar surface area (TPSA) is 139 Å². The van der Waals surface area contributed by atoms with Crippen molar-refractivity contribution in [3.8, 4) is 0 Å². The second-order valence-corrected chi connectivity index (χ2v) is 6.43. The summed E-state index contributed by atoms with van der Waals surface area (Å²) < 4.78 is 10.8. The Kier molecular flexibility index (Phi) is 5.82. The number of nitro groups is 2. The lowest BCUT2D eigenvalue weighted by molar-refractivity contribution is -0.385. The van der Waals surface area contributed by atoms with Gasteiger partial charge in [-0.2, -0.15) is 0 Å². The van der Waals surface area contributed by atoms with Gasteiger partial charge in [0.2, 0.25) is 0 Å². The summed E-state index contributed by atoms with van der Waals surface area (Å²) in [6.07, 6.45) is 0.434. The number of non-ortho nitro benzene ring substituents is 2. The molecule has 0 amide bonds. The zero-order valence-electron chi connectivity index (χ0n) is 15.1. The summed E-state index contributed by atoms with van der Waals surface area (Å²) in [4.78, 5) is 44.8. The van der Waals surface area contributed by atoms with E-state index >= 15 is 0 Å². The molecule has 0 radical (unpaired) electrons. The molecule has 2 aromatic carbocycles. The number of benzene rings is 2. The molecule has 1 aliphatic rings. The number of hydrogen-bond donors (Lipinski definition) is 0. The van der Waals surface area contributed by atoms with Gasteiger partial charge >= 0.3 is 11.9 Å². The highest BCUT2D eigenvalue weighted by atomic mass is 16.6. The molecule has 0 aliphatic heterocycles. The fourth-order valence-electron chi connectivity index (χ4n) is 3.01. The first-order valence-corrected chi connectivity index (χ1v) is 8.76. The summed E-state index contributed by atoms with van der Waals surface area (Å²) in [7, 11) is 0. The van der Waals surface area contributed by atoms with E-state index in [0.717, 1.165) is 0 Å². The Balaban J connectivity index is 1.61. The number of nitro benzene ring substituents is 2. The molecule has 10 heteroatoms. The molecule has 0 aromatic heterocycles. The van der Waals surface area contributed by atoms with Gasteiger partial charge in [0.15, 0.2) is 0 Å². The summed E-state index contributed by atoms with van der Waals surface area (Å²) in [6.45, 7) is 0. The predicted molar refractivity (Wildman–Crippen MR) is 98.5 cm³/mol. The lowest BCUT2D eigenvalue weighted by atomic mass is 10.2. The molecular formula is C19H16N2O8. The third-order valence-corrected chi connectivity index (χ3v) is 4.54. The minimum absolute atomic E-state index is 0.141. The first-order valence-electron chi connectivity index (χ1n) is 8.76. The highest BCUT2D eigenvalue weighted by molar-refractivity contribution is 5.90. The van der Waals surface area contributed by atoms with Gasteiger partial charge in [-0.15, -0.1) is 0 Å². The van der Waals surface area contributed by atoms with Crippen LogP contribution in [-0.4, -0.2) is 34.0 Å². The summed E-state index contributed by atoms with van der Waals surface area (Å²) in [5.74, 6) is -1.33. The molecule has 0 heterocycles. The van der Waals surface area contributed by atoms with E-state index in [4.69, 9.17) is 9.47 Å². The summed E-state index contributed by atoms with van der Waals surface area (Å²) in [6, 6.07) is 10.0. The second-order valence-electron chi connectivity index (χ2n) is 6.43. The van der Waals surface area contributed by atoms with Gasteiger partial charge in [-0.05, 0) is 43.5 Å². The molecule has 0 saturated heterocycles. The minimum Gasteiger partial charge on any atom is -0.455 e. The summed E-state index contributed by atoms with van der Waals surface area (Å²) >= 11 is 0. The van der Waals surface area contributed by atoms with Gasteiger partial charge in [-0.1, -0.05) is 0 Å². The summed E-state index contributed by atoms with van der Waals surface area (Å²) in [5.41, 5.74) is 0.0283. The Morgan fingerprint density at radius 1 is 0.724 bits per heavy atom. The molecule has 0 bridgehead atoms. The van der Waals surface area contributed by atoms with E-state index in [9.17, 15) is 29.8 Å². The lowest BCUT2D eigenvalue weighted by Crippen LogP contribution is -2.30. The van der Waals surface area contributed by atoms with Crippen molar-refractivity contribution in [1.82, 2.24) is 0 Å². The maximum atomic E-state index is 12.3. The van der Waals surface area contributed by atoms with Crippen LogP contribution >= 0.6 is 0 Å². The quantitative estimate of drug-likeness (QED) is 0.408. The standard InChI is InChI=1S/C19H16N2O8/c22-18(12-4-8-14(9-5-12)20(24)25)28-16-2-1-3-17(16)29-19(23)13-6-10-15(11-7-13)21(26)27/h4-11,16-17H,1-3H2/t16-,17-/m1/s1. The van der Waals surface area contributed by atoms with E-state index in [-0.39, 0.29) is 22.5 Å². The number of nitrogens with zero attached hydrogens (tertiary/aromatic N) is 2. The van der Waals surface area contributed by atoms with E-state index in [1.54, 1.807) is 0 Å². The van der Waals surface area contributed by atoms with E-state index in [2.05, 4.69) is 0 Å². The Hall–Kier alpha value is -3.82. The second kappa shape index (κ2) is 8.46. The smallest absolute Gasteiger partial charge is 0.338 e. The predicted octanol–water partition coefficient (Wildman–Crippen LogP) is 3.44. The maximum absolute atomic E-state index is 12.3. The van der Waals surface area contributed by atoms with Gasteiger partial charge in [-0.25, -0.2) is 9.59 Å². The molecule has 10 nitrogen and oxygen atoms in total. The van der Waals surface area contributed by atoms with Crippen LogP contribution in [0.15, 0.2) is 48.5 Å². The molecule has 0 spiro atoms. The van der Waals surface area contributed by atoms with E-state index in [0.29, 0.717) is 19.3 Å². The largest absolute Gasteiger partial charge is 0.455 e. The zero-order valence-corrected chi connectivity index (χ0v) is 15.1. The van der Waals surface area contributed by atoms with Gasteiger partial charge in [0.1, 0.15) is 12.2 Å². The van der Waals surface area contributed by atoms with E-state index < -0.39 is 34.0 Å². The molecule has 2 aromatic rings. The number of esters is 2.